The van der Waals surface area contributed by atoms with E-state index >= 15 is 0 Å². The second kappa shape index (κ2) is 11.2. The van der Waals surface area contributed by atoms with Gasteiger partial charge in [-0.05, 0) is 11.8 Å². The van der Waals surface area contributed by atoms with E-state index in [1.54, 1.807) is 13.8 Å². The van der Waals surface area contributed by atoms with Crippen molar-refractivity contribution in [2.24, 2.45) is 5.92 Å². The van der Waals surface area contributed by atoms with E-state index in [1.807, 2.05) is 0 Å². The molecule has 136 valence electrons. The van der Waals surface area contributed by atoms with Crippen LogP contribution in [0.2, 0.25) is 0 Å². The SMILES string of the molecule is CC(=O)N[C@@H](CSC(=O)OC(=O)C(C)C)C(=O)NCCO[N+](=O)[O-]. The highest BCUT2D eigenvalue weighted by Gasteiger charge is 2.22. The molecule has 0 rings (SSSR count). The number of amides is 2. The van der Waals surface area contributed by atoms with Crippen molar-refractivity contribution < 1.29 is 33.8 Å². The van der Waals surface area contributed by atoms with Crippen molar-refractivity contribution >= 4 is 34.8 Å². The van der Waals surface area contributed by atoms with Crippen LogP contribution in [0.1, 0.15) is 20.8 Å². The summed E-state index contributed by atoms with van der Waals surface area (Å²) in [5.74, 6) is -2.53. The highest BCUT2D eigenvalue weighted by Crippen LogP contribution is 2.10. The van der Waals surface area contributed by atoms with E-state index in [1.165, 1.54) is 6.92 Å². The van der Waals surface area contributed by atoms with Gasteiger partial charge in [-0.2, -0.15) is 0 Å². The van der Waals surface area contributed by atoms with Gasteiger partial charge in [0.25, 0.3) is 5.09 Å². The molecule has 0 aromatic heterocycles. The molecule has 0 unspecified atom stereocenters. The van der Waals surface area contributed by atoms with Gasteiger partial charge in [0.1, 0.15) is 12.6 Å². The Morgan fingerprint density at radius 1 is 1.25 bits per heavy atom. The van der Waals surface area contributed by atoms with Crippen molar-refractivity contribution in [2.45, 2.75) is 26.8 Å². The number of nitrogens with one attached hydrogen (secondary N) is 2. The Labute approximate surface area is 141 Å². The van der Waals surface area contributed by atoms with Crippen LogP contribution in [0.5, 0.6) is 0 Å². The lowest BCUT2D eigenvalue weighted by Crippen LogP contribution is -2.48. The van der Waals surface area contributed by atoms with E-state index in [0.717, 1.165) is 0 Å². The molecule has 0 aliphatic rings. The zero-order chi connectivity index (χ0) is 18.7. The molecule has 0 spiro atoms. The fourth-order valence-electron chi connectivity index (χ4n) is 1.23. The Morgan fingerprint density at radius 2 is 1.88 bits per heavy atom. The van der Waals surface area contributed by atoms with Crippen molar-refractivity contribution in [1.82, 2.24) is 10.6 Å². The lowest BCUT2D eigenvalue weighted by molar-refractivity contribution is -0.757. The van der Waals surface area contributed by atoms with Crippen LogP contribution in [0.15, 0.2) is 0 Å². The summed E-state index contributed by atoms with van der Waals surface area (Å²) >= 11 is 0.548. The van der Waals surface area contributed by atoms with Gasteiger partial charge in [0.15, 0.2) is 0 Å². The minimum Gasteiger partial charge on any atom is -0.385 e. The molecule has 0 aliphatic heterocycles. The summed E-state index contributed by atoms with van der Waals surface area (Å²) in [5, 5.41) is 12.7. The number of thioether (sulfide) groups is 1. The Morgan fingerprint density at radius 3 is 2.38 bits per heavy atom. The molecule has 0 fully saturated rings. The number of carbonyl (C=O) groups is 4. The van der Waals surface area contributed by atoms with Gasteiger partial charge in [-0.15, -0.1) is 10.1 Å². The Hall–Kier alpha value is -2.37. The molecule has 2 amide bonds. The third kappa shape index (κ3) is 10.4. The van der Waals surface area contributed by atoms with Crippen LogP contribution in [-0.4, -0.2) is 53.1 Å². The topological polar surface area (TPSA) is 154 Å². The highest BCUT2D eigenvalue weighted by molar-refractivity contribution is 8.13. The van der Waals surface area contributed by atoms with E-state index in [2.05, 4.69) is 20.2 Å². The Balaban J connectivity index is 4.41. The molecule has 0 bridgehead atoms. The van der Waals surface area contributed by atoms with Gasteiger partial charge >= 0.3 is 11.3 Å². The van der Waals surface area contributed by atoms with Crippen molar-refractivity contribution in [2.75, 3.05) is 18.9 Å². The first-order valence-electron chi connectivity index (χ1n) is 6.84. The molecule has 0 heterocycles. The normalized spacial score (nSPS) is 11.3. The monoisotopic (exact) mass is 365 g/mol. The lowest BCUT2D eigenvalue weighted by atomic mass is 10.2. The van der Waals surface area contributed by atoms with E-state index in [-0.39, 0.29) is 18.9 Å². The van der Waals surface area contributed by atoms with Crippen molar-refractivity contribution in [3.63, 3.8) is 0 Å². The maximum Gasteiger partial charge on any atom is 0.375 e. The summed E-state index contributed by atoms with van der Waals surface area (Å²) in [6.45, 7) is 3.78. The van der Waals surface area contributed by atoms with E-state index in [9.17, 15) is 29.3 Å². The van der Waals surface area contributed by atoms with Crippen molar-refractivity contribution in [1.29, 1.82) is 0 Å². The van der Waals surface area contributed by atoms with E-state index in [0.29, 0.717) is 11.8 Å². The number of ether oxygens (including phenoxy) is 1. The number of esters is 1. The molecule has 0 radical (unpaired) electrons. The first-order chi connectivity index (χ1) is 11.1. The summed E-state index contributed by atoms with van der Waals surface area (Å²) in [4.78, 5) is 59.7. The minimum atomic E-state index is -1.08. The molecule has 0 aliphatic carbocycles. The quantitative estimate of drug-likeness (QED) is 0.187. The first-order valence-corrected chi connectivity index (χ1v) is 7.82. The number of carbonyl (C=O) groups excluding carboxylic acids is 4. The molecule has 0 aromatic rings. The zero-order valence-corrected chi connectivity index (χ0v) is 14.2. The third-order valence-electron chi connectivity index (χ3n) is 2.32. The van der Waals surface area contributed by atoms with Crippen LogP contribution in [0.3, 0.4) is 0 Å². The van der Waals surface area contributed by atoms with Crippen LogP contribution < -0.4 is 10.6 Å². The summed E-state index contributed by atoms with van der Waals surface area (Å²) < 4.78 is 4.52. The van der Waals surface area contributed by atoms with Crippen LogP contribution >= 0.6 is 11.8 Å². The zero-order valence-electron chi connectivity index (χ0n) is 13.4. The fourth-order valence-corrected chi connectivity index (χ4v) is 1.91. The number of nitrogens with zero attached hydrogens (tertiary/aromatic N) is 1. The smallest absolute Gasteiger partial charge is 0.375 e. The predicted molar refractivity (Wildman–Crippen MR) is 82.3 cm³/mol. The molecule has 0 aromatic carbocycles. The van der Waals surface area contributed by atoms with Gasteiger partial charge in [-0.1, -0.05) is 13.8 Å². The lowest BCUT2D eigenvalue weighted by Gasteiger charge is -2.16. The molecule has 1 atom stereocenters. The summed E-state index contributed by atoms with van der Waals surface area (Å²) in [6, 6.07) is -1.08. The highest BCUT2D eigenvalue weighted by atomic mass is 32.2. The molecule has 2 N–H and O–H groups in total. The maximum absolute atomic E-state index is 11.9. The predicted octanol–water partition coefficient (Wildman–Crippen LogP) is -0.132. The largest absolute Gasteiger partial charge is 0.385 e. The average molecular weight is 365 g/mol. The molecule has 11 nitrogen and oxygen atoms in total. The molecule has 12 heteroatoms. The Bertz CT molecular complexity index is 497. The number of rotatable bonds is 9. The number of hydrogen-bond donors (Lipinski definition) is 2. The molecular formula is C12H19N3O8S. The van der Waals surface area contributed by atoms with Crippen LogP contribution in [0, 0.1) is 16.0 Å². The van der Waals surface area contributed by atoms with Gasteiger partial charge in [0, 0.05) is 19.2 Å². The minimum absolute atomic E-state index is 0.156. The standard InChI is InChI=1S/C12H19N3O8S/c1-7(2)11(18)23-12(19)24-6-9(14-8(3)16)10(17)13-4-5-22-15(20)21/h7,9H,4-6H2,1-3H3,(H,13,17)(H,14,16)/t9-/m0/s1. The third-order valence-corrected chi connectivity index (χ3v) is 3.13. The van der Waals surface area contributed by atoms with Crippen LogP contribution in [0.4, 0.5) is 4.79 Å². The van der Waals surface area contributed by atoms with Gasteiger partial charge in [0.05, 0.1) is 5.92 Å². The van der Waals surface area contributed by atoms with Gasteiger partial charge in [-0.3, -0.25) is 14.4 Å². The van der Waals surface area contributed by atoms with Crippen molar-refractivity contribution in [3.8, 4) is 0 Å². The Kier molecular flexibility index (Phi) is 10.1. The average Bonchev–Trinajstić information content (AvgIpc) is 2.46. The molecule has 24 heavy (non-hydrogen) atoms. The van der Waals surface area contributed by atoms with Gasteiger partial charge < -0.3 is 20.2 Å². The number of hydrogen-bond acceptors (Lipinski definition) is 9. The fraction of sp³-hybridized carbons (Fsp3) is 0.667. The summed E-state index contributed by atoms with van der Waals surface area (Å²) in [7, 11) is 0. The second-order valence-electron chi connectivity index (χ2n) is 4.74. The van der Waals surface area contributed by atoms with Gasteiger partial charge in [-0.25, -0.2) is 4.79 Å². The summed E-state index contributed by atoms with van der Waals surface area (Å²) in [6.07, 6.45) is 0. The maximum atomic E-state index is 11.9. The van der Waals surface area contributed by atoms with Crippen LogP contribution in [0.25, 0.3) is 0 Å². The molecule has 0 saturated heterocycles. The van der Waals surface area contributed by atoms with Crippen molar-refractivity contribution in [3.05, 3.63) is 10.1 Å². The van der Waals surface area contributed by atoms with Gasteiger partial charge in [0.2, 0.25) is 11.8 Å². The van der Waals surface area contributed by atoms with E-state index in [4.69, 9.17) is 0 Å². The molecule has 0 saturated carbocycles. The first kappa shape index (κ1) is 21.6. The van der Waals surface area contributed by atoms with E-state index < -0.39 is 40.1 Å². The van der Waals surface area contributed by atoms with Crippen LogP contribution in [-0.2, 0) is 24.0 Å². The second-order valence-corrected chi connectivity index (χ2v) is 5.69. The molecular weight excluding hydrogens is 346 g/mol. The summed E-state index contributed by atoms with van der Waals surface area (Å²) in [5.41, 5.74) is 0.